The van der Waals surface area contributed by atoms with Crippen molar-refractivity contribution in [1.29, 1.82) is 0 Å². The number of rotatable bonds is 6. The van der Waals surface area contributed by atoms with Crippen molar-refractivity contribution in [1.82, 2.24) is 5.32 Å². The second-order valence-electron chi connectivity index (χ2n) is 6.91. The standard InChI is InChI=1S/C21H21NO6/c1-26-17-4-2-12(8-16(17)21(24)25)11-22-20(23)15-10-14(15)13-3-5-18-19(9-13)28-7-6-27-18/h2-5,8-9,14-15H,6-7,10-11H2,1H3,(H,22,23)(H,24,25). The number of aromatic carboxylic acids is 1. The van der Waals surface area contributed by atoms with Gasteiger partial charge in [-0.3, -0.25) is 4.79 Å². The van der Waals surface area contributed by atoms with E-state index in [1.54, 1.807) is 12.1 Å². The minimum Gasteiger partial charge on any atom is -0.496 e. The van der Waals surface area contributed by atoms with Crippen molar-refractivity contribution in [2.75, 3.05) is 20.3 Å². The zero-order valence-electron chi connectivity index (χ0n) is 15.4. The van der Waals surface area contributed by atoms with Crippen molar-refractivity contribution in [2.45, 2.75) is 18.9 Å². The molecular formula is C21H21NO6. The molecular weight excluding hydrogens is 362 g/mol. The molecule has 2 N–H and O–H groups in total. The number of carbonyl (C=O) groups excluding carboxylic acids is 1. The van der Waals surface area contributed by atoms with Crippen LogP contribution in [0.1, 0.15) is 33.8 Å². The molecule has 1 aliphatic heterocycles. The fraction of sp³-hybridized carbons (Fsp3) is 0.333. The number of amides is 1. The van der Waals surface area contributed by atoms with Crippen LogP contribution in [-0.4, -0.2) is 37.3 Å². The molecule has 4 rings (SSSR count). The molecule has 0 aromatic heterocycles. The van der Waals surface area contributed by atoms with Gasteiger partial charge in [-0.2, -0.15) is 0 Å². The predicted octanol–water partition coefficient (Wildman–Crippen LogP) is 2.58. The lowest BCUT2D eigenvalue weighted by molar-refractivity contribution is -0.122. The number of benzene rings is 2. The number of nitrogens with one attached hydrogen (secondary N) is 1. The third kappa shape index (κ3) is 3.60. The zero-order chi connectivity index (χ0) is 19.7. The lowest BCUT2D eigenvalue weighted by Gasteiger charge is -2.18. The number of ether oxygens (including phenoxy) is 3. The lowest BCUT2D eigenvalue weighted by atomic mass is 10.1. The second kappa shape index (κ2) is 7.42. The Bertz CT molecular complexity index is 925. The molecule has 146 valence electrons. The summed E-state index contributed by atoms with van der Waals surface area (Å²) in [5.41, 5.74) is 1.86. The number of carboxylic acid groups (broad SMARTS) is 1. The van der Waals surface area contributed by atoms with Crippen molar-refractivity contribution in [2.24, 2.45) is 5.92 Å². The maximum atomic E-state index is 12.5. The average Bonchev–Trinajstić information content (AvgIpc) is 3.52. The lowest BCUT2D eigenvalue weighted by Crippen LogP contribution is -2.25. The van der Waals surface area contributed by atoms with Crippen molar-refractivity contribution in [3.63, 3.8) is 0 Å². The van der Waals surface area contributed by atoms with Crippen LogP contribution >= 0.6 is 0 Å². The summed E-state index contributed by atoms with van der Waals surface area (Å²) in [6, 6.07) is 10.7. The van der Waals surface area contributed by atoms with E-state index in [9.17, 15) is 14.7 Å². The van der Waals surface area contributed by atoms with E-state index in [0.717, 1.165) is 23.5 Å². The smallest absolute Gasteiger partial charge is 0.339 e. The SMILES string of the molecule is COc1ccc(CNC(=O)C2CC2c2ccc3c(c2)OCCO3)cc1C(=O)O. The van der Waals surface area contributed by atoms with Crippen LogP contribution < -0.4 is 19.5 Å². The Morgan fingerprint density at radius 3 is 2.68 bits per heavy atom. The largest absolute Gasteiger partial charge is 0.496 e. The van der Waals surface area contributed by atoms with Gasteiger partial charge in [-0.15, -0.1) is 0 Å². The van der Waals surface area contributed by atoms with Gasteiger partial charge >= 0.3 is 5.97 Å². The summed E-state index contributed by atoms with van der Waals surface area (Å²) in [6.07, 6.45) is 0.786. The van der Waals surface area contributed by atoms with E-state index in [-0.39, 0.29) is 29.9 Å². The molecule has 1 saturated carbocycles. The van der Waals surface area contributed by atoms with E-state index >= 15 is 0 Å². The maximum absolute atomic E-state index is 12.5. The van der Waals surface area contributed by atoms with Crippen LogP contribution in [0.2, 0.25) is 0 Å². The molecule has 28 heavy (non-hydrogen) atoms. The molecule has 0 bridgehead atoms. The van der Waals surface area contributed by atoms with Crippen molar-refractivity contribution in [3.05, 3.63) is 53.1 Å². The normalized spacial score (nSPS) is 19.6. The number of carboxylic acids is 1. The van der Waals surface area contributed by atoms with Gasteiger partial charge < -0.3 is 24.6 Å². The van der Waals surface area contributed by atoms with E-state index in [4.69, 9.17) is 14.2 Å². The van der Waals surface area contributed by atoms with Gasteiger partial charge in [0, 0.05) is 12.5 Å². The molecule has 2 aliphatic rings. The monoisotopic (exact) mass is 383 g/mol. The van der Waals surface area contributed by atoms with E-state index in [1.165, 1.54) is 13.2 Å². The maximum Gasteiger partial charge on any atom is 0.339 e. The number of fused-ring (bicyclic) bond motifs is 1. The molecule has 1 fully saturated rings. The second-order valence-corrected chi connectivity index (χ2v) is 6.91. The topological polar surface area (TPSA) is 94.1 Å². The van der Waals surface area contributed by atoms with E-state index in [0.29, 0.717) is 24.5 Å². The Kier molecular flexibility index (Phi) is 4.81. The molecule has 1 aliphatic carbocycles. The average molecular weight is 383 g/mol. The third-order valence-corrected chi connectivity index (χ3v) is 5.08. The highest BCUT2D eigenvalue weighted by atomic mass is 16.6. The molecule has 2 atom stereocenters. The summed E-state index contributed by atoms with van der Waals surface area (Å²) < 4.78 is 16.2. The minimum absolute atomic E-state index is 0.0346. The van der Waals surface area contributed by atoms with Gasteiger partial charge in [0.1, 0.15) is 24.5 Å². The van der Waals surface area contributed by atoms with Crippen LogP contribution in [0.25, 0.3) is 0 Å². The Balaban J connectivity index is 1.37. The molecule has 7 nitrogen and oxygen atoms in total. The highest BCUT2D eigenvalue weighted by Crippen LogP contribution is 2.49. The minimum atomic E-state index is -1.06. The van der Waals surface area contributed by atoms with E-state index in [1.807, 2.05) is 18.2 Å². The molecule has 2 aromatic rings. The highest BCUT2D eigenvalue weighted by Gasteiger charge is 2.44. The Hall–Kier alpha value is -3.22. The van der Waals surface area contributed by atoms with Gasteiger partial charge in [0.25, 0.3) is 0 Å². The summed E-state index contributed by atoms with van der Waals surface area (Å²) in [5.74, 6) is 0.752. The molecule has 0 spiro atoms. The first-order chi connectivity index (χ1) is 13.6. The van der Waals surface area contributed by atoms with Gasteiger partial charge in [-0.05, 0) is 47.7 Å². The molecule has 1 heterocycles. The van der Waals surface area contributed by atoms with Gasteiger partial charge in [-0.1, -0.05) is 12.1 Å². The first-order valence-electron chi connectivity index (χ1n) is 9.14. The van der Waals surface area contributed by atoms with Gasteiger partial charge in [-0.25, -0.2) is 4.79 Å². The molecule has 0 radical (unpaired) electrons. The molecule has 1 amide bonds. The van der Waals surface area contributed by atoms with Crippen molar-refractivity contribution < 1.29 is 28.9 Å². The number of hydrogen-bond donors (Lipinski definition) is 2. The first-order valence-corrected chi connectivity index (χ1v) is 9.14. The van der Waals surface area contributed by atoms with Crippen molar-refractivity contribution >= 4 is 11.9 Å². The summed E-state index contributed by atoms with van der Waals surface area (Å²) in [7, 11) is 1.42. The fourth-order valence-electron chi connectivity index (χ4n) is 3.50. The van der Waals surface area contributed by atoms with Gasteiger partial charge in [0.05, 0.1) is 7.11 Å². The van der Waals surface area contributed by atoms with Crippen LogP contribution in [-0.2, 0) is 11.3 Å². The predicted molar refractivity (Wildman–Crippen MR) is 100 cm³/mol. The zero-order valence-corrected chi connectivity index (χ0v) is 15.4. The van der Waals surface area contributed by atoms with E-state index < -0.39 is 5.97 Å². The van der Waals surface area contributed by atoms with Crippen LogP contribution in [0, 0.1) is 5.92 Å². The van der Waals surface area contributed by atoms with Crippen LogP contribution in [0.3, 0.4) is 0 Å². The Labute approximate surface area is 162 Å². The Morgan fingerprint density at radius 1 is 1.14 bits per heavy atom. The Morgan fingerprint density at radius 2 is 1.93 bits per heavy atom. The molecule has 0 saturated heterocycles. The third-order valence-electron chi connectivity index (χ3n) is 5.08. The van der Waals surface area contributed by atoms with Crippen LogP contribution in [0.15, 0.2) is 36.4 Å². The molecule has 2 aromatic carbocycles. The number of carbonyl (C=O) groups is 2. The molecule has 2 unspecified atom stereocenters. The van der Waals surface area contributed by atoms with Crippen LogP contribution in [0.4, 0.5) is 0 Å². The summed E-state index contributed by atoms with van der Waals surface area (Å²) in [4.78, 5) is 23.8. The highest BCUT2D eigenvalue weighted by molar-refractivity contribution is 5.91. The van der Waals surface area contributed by atoms with Crippen molar-refractivity contribution in [3.8, 4) is 17.2 Å². The fourth-order valence-corrected chi connectivity index (χ4v) is 3.50. The first kappa shape index (κ1) is 18.2. The van der Waals surface area contributed by atoms with Gasteiger partial charge in [0.2, 0.25) is 5.91 Å². The van der Waals surface area contributed by atoms with Crippen LogP contribution in [0.5, 0.6) is 17.2 Å². The quantitative estimate of drug-likeness (QED) is 0.796. The van der Waals surface area contributed by atoms with E-state index in [2.05, 4.69) is 5.32 Å². The summed E-state index contributed by atoms with van der Waals surface area (Å²) in [5, 5.41) is 12.2. The summed E-state index contributed by atoms with van der Waals surface area (Å²) >= 11 is 0. The number of hydrogen-bond acceptors (Lipinski definition) is 5. The number of methoxy groups -OCH3 is 1. The summed E-state index contributed by atoms with van der Waals surface area (Å²) in [6.45, 7) is 1.36. The molecule has 7 heteroatoms. The van der Waals surface area contributed by atoms with Gasteiger partial charge in [0.15, 0.2) is 11.5 Å².